The van der Waals surface area contributed by atoms with E-state index in [2.05, 4.69) is 5.32 Å². The summed E-state index contributed by atoms with van der Waals surface area (Å²) in [5.74, 6) is 0.696. The van der Waals surface area contributed by atoms with Gasteiger partial charge in [-0.1, -0.05) is 11.6 Å². The van der Waals surface area contributed by atoms with Crippen molar-refractivity contribution in [1.29, 1.82) is 0 Å². The number of benzene rings is 1. The first-order chi connectivity index (χ1) is 9.43. The number of nitrogens with one attached hydrogen (secondary N) is 1. The Labute approximate surface area is 126 Å². The number of aryl methyl sites for hydroxylation is 1. The Kier molecular flexibility index (Phi) is 6.76. The summed E-state index contributed by atoms with van der Waals surface area (Å²) >= 11 is 6.22. The van der Waals surface area contributed by atoms with E-state index in [1.165, 1.54) is 0 Å². The van der Waals surface area contributed by atoms with Gasteiger partial charge in [-0.15, -0.1) is 0 Å². The van der Waals surface area contributed by atoms with E-state index in [1.54, 1.807) is 0 Å². The van der Waals surface area contributed by atoms with Crippen molar-refractivity contribution in [3.63, 3.8) is 0 Å². The van der Waals surface area contributed by atoms with E-state index in [1.807, 2.05) is 33.9 Å². The molecule has 0 heterocycles. The quantitative estimate of drug-likeness (QED) is 0.723. The molecule has 2 unspecified atom stereocenters. The summed E-state index contributed by atoms with van der Waals surface area (Å²) < 4.78 is 5.69. The molecule has 0 spiro atoms. The molecule has 0 saturated heterocycles. The van der Waals surface area contributed by atoms with Crippen LogP contribution in [0.1, 0.15) is 36.1 Å². The summed E-state index contributed by atoms with van der Waals surface area (Å²) in [7, 11) is 1.86. The first-order valence-electron chi connectivity index (χ1n) is 6.94. The second-order valence-electron chi connectivity index (χ2n) is 4.98. The van der Waals surface area contributed by atoms with Crippen molar-refractivity contribution in [2.75, 3.05) is 20.2 Å². The second kappa shape index (κ2) is 7.84. The highest BCUT2D eigenvalue weighted by Crippen LogP contribution is 2.37. The van der Waals surface area contributed by atoms with Crippen LogP contribution in [-0.4, -0.2) is 31.3 Å². The zero-order valence-electron chi connectivity index (χ0n) is 12.7. The minimum atomic E-state index is -0.790. The lowest BCUT2D eigenvalue weighted by molar-refractivity contribution is 0.137. The van der Waals surface area contributed by atoms with Crippen LogP contribution in [0.3, 0.4) is 0 Å². The van der Waals surface area contributed by atoms with Crippen molar-refractivity contribution in [2.45, 2.75) is 39.3 Å². The van der Waals surface area contributed by atoms with Crippen LogP contribution in [0.15, 0.2) is 6.07 Å². The van der Waals surface area contributed by atoms with Gasteiger partial charge in [-0.25, -0.2) is 0 Å². The largest absolute Gasteiger partial charge is 0.493 e. The molecule has 0 fully saturated rings. The molecule has 20 heavy (non-hydrogen) atoms. The lowest BCUT2D eigenvalue weighted by Gasteiger charge is -2.25. The third-order valence-corrected chi connectivity index (χ3v) is 3.82. The van der Waals surface area contributed by atoms with E-state index in [-0.39, 0.29) is 6.04 Å². The fourth-order valence-electron chi connectivity index (χ4n) is 2.25. The first kappa shape index (κ1) is 17.2. The molecule has 114 valence electrons. The summed E-state index contributed by atoms with van der Waals surface area (Å²) in [6.07, 6.45) is -0.115. The van der Waals surface area contributed by atoms with E-state index in [0.29, 0.717) is 29.4 Å². The normalized spacial score (nSPS) is 14.2. The Hall–Kier alpha value is -0.810. The van der Waals surface area contributed by atoms with Crippen LogP contribution < -0.4 is 15.8 Å². The highest BCUT2D eigenvalue weighted by Gasteiger charge is 2.25. The van der Waals surface area contributed by atoms with Gasteiger partial charge in [0, 0.05) is 16.6 Å². The lowest BCUT2D eigenvalue weighted by Crippen LogP contribution is -2.32. The standard InChI is InChI=1S/C15H25ClN2O2/c1-5-20-15-9(2)8-11(16)10(3)13(15)14(19)12(17)6-7-18-4/h8,12,14,18-19H,5-7,17H2,1-4H3. The van der Waals surface area contributed by atoms with E-state index in [9.17, 15) is 5.11 Å². The molecule has 0 aliphatic heterocycles. The Bertz CT molecular complexity index is 452. The molecular formula is C15H25ClN2O2. The number of rotatable bonds is 7. The molecule has 0 amide bonds. The Morgan fingerprint density at radius 2 is 2.10 bits per heavy atom. The highest BCUT2D eigenvalue weighted by atomic mass is 35.5. The number of nitrogens with two attached hydrogens (primary N) is 1. The van der Waals surface area contributed by atoms with Gasteiger partial charge in [0.1, 0.15) is 5.75 Å². The molecule has 0 aliphatic carbocycles. The molecule has 0 aromatic heterocycles. The van der Waals surface area contributed by atoms with Gasteiger partial charge in [0.15, 0.2) is 0 Å². The van der Waals surface area contributed by atoms with Crippen molar-refractivity contribution < 1.29 is 9.84 Å². The van der Waals surface area contributed by atoms with Gasteiger partial charge in [-0.05, 0) is 58.0 Å². The minimum absolute atomic E-state index is 0.363. The maximum Gasteiger partial charge on any atom is 0.128 e. The number of hydrogen-bond donors (Lipinski definition) is 3. The van der Waals surface area contributed by atoms with Crippen LogP contribution in [-0.2, 0) is 0 Å². The molecule has 5 heteroatoms. The predicted molar refractivity (Wildman–Crippen MR) is 83.6 cm³/mol. The van der Waals surface area contributed by atoms with E-state index in [4.69, 9.17) is 22.1 Å². The molecule has 1 aromatic carbocycles. The third kappa shape index (κ3) is 3.85. The Morgan fingerprint density at radius 1 is 1.45 bits per heavy atom. The molecule has 0 aliphatic rings. The maximum atomic E-state index is 10.6. The zero-order valence-corrected chi connectivity index (χ0v) is 13.4. The lowest BCUT2D eigenvalue weighted by atomic mass is 9.93. The molecule has 1 rings (SSSR count). The van der Waals surface area contributed by atoms with Gasteiger partial charge in [0.2, 0.25) is 0 Å². The molecule has 0 bridgehead atoms. The van der Waals surface area contributed by atoms with Crippen LogP contribution in [0, 0.1) is 13.8 Å². The summed E-state index contributed by atoms with van der Waals surface area (Å²) in [5, 5.41) is 14.2. The fourth-order valence-corrected chi connectivity index (χ4v) is 2.52. The summed E-state index contributed by atoms with van der Waals surface area (Å²) in [6, 6.07) is 1.50. The van der Waals surface area contributed by atoms with Crippen LogP contribution in [0.5, 0.6) is 5.75 Å². The Balaban J connectivity index is 3.19. The number of halogens is 1. The average Bonchev–Trinajstić information content (AvgIpc) is 2.42. The number of aliphatic hydroxyl groups is 1. The SMILES string of the molecule is CCOc1c(C)cc(Cl)c(C)c1C(O)C(N)CCNC. The van der Waals surface area contributed by atoms with E-state index in [0.717, 1.165) is 17.7 Å². The summed E-state index contributed by atoms with van der Waals surface area (Å²) in [4.78, 5) is 0. The van der Waals surface area contributed by atoms with Crippen molar-refractivity contribution in [2.24, 2.45) is 5.73 Å². The molecular weight excluding hydrogens is 276 g/mol. The molecule has 1 aromatic rings. The second-order valence-corrected chi connectivity index (χ2v) is 5.38. The predicted octanol–water partition coefficient (Wildman–Crippen LogP) is 2.33. The molecule has 2 atom stereocenters. The monoisotopic (exact) mass is 300 g/mol. The van der Waals surface area contributed by atoms with E-state index >= 15 is 0 Å². The third-order valence-electron chi connectivity index (χ3n) is 3.43. The molecule has 4 nitrogen and oxygen atoms in total. The van der Waals surface area contributed by atoms with Crippen molar-refractivity contribution in [3.8, 4) is 5.75 Å². The van der Waals surface area contributed by atoms with Crippen LogP contribution in [0.2, 0.25) is 5.02 Å². The highest BCUT2D eigenvalue weighted by molar-refractivity contribution is 6.31. The summed E-state index contributed by atoms with van der Waals surface area (Å²) in [6.45, 7) is 7.01. The van der Waals surface area contributed by atoms with Gasteiger partial charge in [0.05, 0.1) is 12.7 Å². The van der Waals surface area contributed by atoms with Gasteiger partial charge in [-0.3, -0.25) is 0 Å². The number of ether oxygens (including phenoxy) is 1. The zero-order chi connectivity index (χ0) is 15.3. The van der Waals surface area contributed by atoms with Gasteiger partial charge in [-0.2, -0.15) is 0 Å². The minimum Gasteiger partial charge on any atom is -0.493 e. The van der Waals surface area contributed by atoms with E-state index < -0.39 is 6.10 Å². The summed E-state index contributed by atoms with van der Waals surface area (Å²) in [5.41, 5.74) is 8.53. The average molecular weight is 301 g/mol. The Morgan fingerprint density at radius 3 is 2.65 bits per heavy atom. The van der Waals surface area contributed by atoms with Crippen molar-refractivity contribution in [1.82, 2.24) is 5.32 Å². The van der Waals surface area contributed by atoms with Crippen molar-refractivity contribution in [3.05, 3.63) is 27.8 Å². The van der Waals surface area contributed by atoms with Crippen molar-refractivity contribution >= 4 is 11.6 Å². The smallest absolute Gasteiger partial charge is 0.128 e. The van der Waals surface area contributed by atoms with Gasteiger partial charge in [0.25, 0.3) is 0 Å². The fraction of sp³-hybridized carbons (Fsp3) is 0.600. The molecule has 0 saturated carbocycles. The first-order valence-corrected chi connectivity index (χ1v) is 7.32. The van der Waals surface area contributed by atoms with Crippen LogP contribution >= 0.6 is 11.6 Å². The van der Waals surface area contributed by atoms with Crippen LogP contribution in [0.25, 0.3) is 0 Å². The maximum absolute atomic E-state index is 10.6. The van der Waals surface area contributed by atoms with Gasteiger partial charge < -0.3 is 20.9 Å². The molecule has 4 N–H and O–H groups in total. The van der Waals surface area contributed by atoms with Gasteiger partial charge >= 0.3 is 0 Å². The molecule has 0 radical (unpaired) electrons. The van der Waals surface area contributed by atoms with Crippen LogP contribution in [0.4, 0.5) is 0 Å². The number of hydrogen-bond acceptors (Lipinski definition) is 4. The topological polar surface area (TPSA) is 67.5 Å². The number of aliphatic hydroxyl groups excluding tert-OH is 1.